The summed E-state index contributed by atoms with van der Waals surface area (Å²) >= 11 is 0. The molecule has 0 aliphatic carbocycles. The van der Waals surface area contributed by atoms with Gasteiger partial charge in [-0.15, -0.1) is 0 Å². The fourth-order valence-electron chi connectivity index (χ4n) is 3.21. The summed E-state index contributed by atoms with van der Waals surface area (Å²) in [6.07, 6.45) is 16.5. The summed E-state index contributed by atoms with van der Waals surface area (Å²) in [5, 5.41) is 0. The number of hydrogen-bond donors (Lipinski definition) is 0. The van der Waals surface area contributed by atoms with E-state index in [0.29, 0.717) is 6.17 Å². The van der Waals surface area contributed by atoms with E-state index in [1.54, 1.807) is 0 Å². The van der Waals surface area contributed by atoms with Crippen LogP contribution in [0.4, 0.5) is 0 Å². The highest BCUT2D eigenvalue weighted by molar-refractivity contribution is 4.76. The molecule has 0 aromatic heterocycles. The fraction of sp³-hybridized carbons (Fsp3) is 1.00. The van der Waals surface area contributed by atoms with Crippen LogP contribution in [0.2, 0.25) is 0 Å². The van der Waals surface area contributed by atoms with Crippen LogP contribution in [0.5, 0.6) is 0 Å². The molecule has 114 valence electrons. The van der Waals surface area contributed by atoms with Gasteiger partial charge in [-0.3, -0.25) is 9.80 Å². The minimum atomic E-state index is 0.717. The van der Waals surface area contributed by atoms with E-state index in [0.717, 1.165) is 0 Å². The number of unbranched alkanes of at least 4 members (excludes halogenated alkanes) is 9. The molecule has 0 N–H and O–H groups in total. The maximum Gasteiger partial charge on any atom is 0.0618 e. The molecule has 0 aromatic rings. The molecule has 0 unspecified atom stereocenters. The standard InChI is InChI=1S/C17H36N2/c1-4-5-6-7-8-9-10-11-12-13-14-17-18(2)15-16-19(17)3/h17H,4-16H2,1-3H3. The molecule has 1 aliphatic heterocycles. The van der Waals surface area contributed by atoms with Crippen LogP contribution in [0.25, 0.3) is 0 Å². The molecule has 1 heterocycles. The number of hydrogen-bond acceptors (Lipinski definition) is 2. The highest BCUT2D eigenvalue weighted by atomic mass is 15.4. The number of rotatable bonds is 11. The van der Waals surface area contributed by atoms with Crippen LogP contribution < -0.4 is 0 Å². The average molecular weight is 268 g/mol. The molecule has 2 heteroatoms. The normalized spacial score (nSPS) is 18.5. The van der Waals surface area contributed by atoms with Crippen LogP contribution in [-0.2, 0) is 0 Å². The van der Waals surface area contributed by atoms with Gasteiger partial charge in [0, 0.05) is 13.1 Å². The minimum absolute atomic E-state index is 0.717. The van der Waals surface area contributed by atoms with Gasteiger partial charge >= 0.3 is 0 Å². The van der Waals surface area contributed by atoms with Crippen molar-refractivity contribution in [2.75, 3.05) is 27.2 Å². The Bertz CT molecular complexity index is 195. The monoisotopic (exact) mass is 268 g/mol. The van der Waals surface area contributed by atoms with Gasteiger partial charge in [0.1, 0.15) is 0 Å². The Morgan fingerprint density at radius 2 is 1.11 bits per heavy atom. The molecule has 0 amide bonds. The van der Waals surface area contributed by atoms with Crippen LogP contribution in [0.15, 0.2) is 0 Å². The third kappa shape index (κ3) is 7.31. The molecule has 0 atom stereocenters. The zero-order valence-electron chi connectivity index (χ0n) is 13.7. The summed E-state index contributed by atoms with van der Waals surface area (Å²) in [4.78, 5) is 5.02. The molecular formula is C17H36N2. The summed E-state index contributed by atoms with van der Waals surface area (Å²) in [5.74, 6) is 0. The summed E-state index contributed by atoms with van der Waals surface area (Å²) in [6, 6.07) is 0. The Hall–Kier alpha value is -0.0800. The zero-order chi connectivity index (χ0) is 13.9. The van der Waals surface area contributed by atoms with E-state index in [4.69, 9.17) is 0 Å². The van der Waals surface area contributed by atoms with Crippen LogP contribution in [0.3, 0.4) is 0 Å². The van der Waals surface area contributed by atoms with Crippen LogP contribution in [-0.4, -0.2) is 43.2 Å². The zero-order valence-corrected chi connectivity index (χ0v) is 13.7. The topological polar surface area (TPSA) is 6.48 Å². The lowest BCUT2D eigenvalue weighted by molar-refractivity contribution is 0.171. The van der Waals surface area contributed by atoms with E-state index in [2.05, 4.69) is 30.8 Å². The summed E-state index contributed by atoms with van der Waals surface area (Å²) in [7, 11) is 4.54. The second-order valence-corrected chi connectivity index (χ2v) is 6.41. The quantitative estimate of drug-likeness (QED) is 0.509. The Kier molecular flexibility index (Phi) is 9.54. The van der Waals surface area contributed by atoms with Gasteiger partial charge in [0.25, 0.3) is 0 Å². The van der Waals surface area contributed by atoms with E-state index >= 15 is 0 Å². The molecule has 0 radical (unpaired) electrons. The van der Waals surface area contributed by atoms with Crippen molar-refractivity contribution in [3.8, 4) is 0 Å². The maximum absolute atomic E-state index is 2.51. The highest BCUT2D eigenvalue weighted by Crippen LogP contribution is 2.17. The lowest BCUT2D eigenvalue weighted by atomic mass is 10.1. The third-order valence-electron chi connectivity index (χ3n) is 4.64. The SMILES string of the molecule is CCCCCCCCCCCCC1N(C)CCN1C. The number of likely N-dealkylation sites (N-methyl/N-ethyl adjacent to an activating group) is 2. The van der Waals surface area contributed by atoms with Crippen molar-refractivity contribution in [3.63, 3.8) is 0 Å². The number of nitrogens with zero attached hydrogens (tertiary/aromatic N) is 2. The Balaban J connectivity index is 1.83. The smallest absolute Gasteiger partial charge is 0.0618 e. The first kappa shape index (κ1) is 17.0. The van der Waals surface area contributed by atoms with Gasteiger partial charge in [-0.05, 0) is 20.5 Å². The molecule has 1 aliphatic rings. The van der Waals surface area contributed by atoms with Crippen molar-refractivity contribution in [2.24, 2.45) is 0 Å². The van der Waals surface area contributed by atoms with Crippen LogP contribution in [0, 0.1) is 0 Å². The van der Waals surface area contributed by atoms with E-state index in [1.807, 2.05) is 0 Å². The minimum Gasteiger partial charge on any atom is -0.290 e. The molecule has 1 fully saturated rings. The third-order valence-corrected chi connectivity index (χ3v) is 4.64. The van der Waals surface area contributed by atoms with E-state index in [1.165, 1.54) is 83.7 Å². The maximum atomic E-state index is 2.51. The van der Waals surface area contributed by atoms with Crippen molar-refractivity contribution < 1.29 is 0 Å². The van der Waals surface area contributed by atoms with Gasteiger partial charge in [0.05, 0.1) is 6.17 Å². The van der Waals surface area contributed by atoms with Crippen LogP contribution in [0.1, 0.15) is 77.6 Å². The van der Waals surface area contributed by atoms with Gasteiger partial charge in [-0.1, -0.05) is 71.1 Å². The molecule has 0 aromatic carbocycles. The van der Waals surface area contributed by atoms with Crippen molar-refractivity contribution in [1.82, 2.24) is 9.80 Å². The second-order valence-electron chi connectivity index (χ2n) is 6.41. The molecule has 0 saturated carbocycles. The van der Waals surface area contributed by atoms with Gasteiger partial charge < -0.3 is 0 Å². The van der Waals surface area contributed by atoms with Crippen molar-refractivity contribution in [3.05, 3.63) is 0 Å². The first-order valence-electron chi connectivity index (χ1n) is 8.66. The van der Waals surface area contributed by atoms with Gasteiger partial charge in [0.2, 0.25) is 0 Å². The van der Waals surface area contributed by atoms with Crippen LogP contribution >= 0.6 is 0 Å². The van der Waals surface area contributed by atoms with Gasteiger partial charge in [-0.25, -0.2) is 0 Å². The first-order valence-corrected chi connectivity index (χ1v) is 8.66. The highest BCUT2D eigenvalue weighted by Gasteiger charge is 2.24. The molecule has 19 heavy (non-hydrogen) atoms. The lowest BCUT2D eigenvalue weighted by Gasteiger charge is -2.24. The van der Waals surface area contributed by atoms with Crippen molar-refractivity contribution >= 4 is 0 Å². The molecule has 0 bridgehead atoms. The predicted octanol–water partition coefficient (Wildman–Crippen LogP) is 4.50. The molecule has 1 saturated heterocycles. The Morgan fingerprint density at radius 3 is 1.58 bits per heavy atom. The molecule has 2 nitrogen and oxygen atoms in total. The Morgan fingerprint density at radius 1 is 0.684 bits per heavy atom. The summed E-state index contributed by atoms with van der Waals surface area (Å²) in [5.41, 5.74) is 0. The lowest BCUT2D eigenvalue weighted by Crippen LogP contribution is -2.34. The second kappa shape index (κ2) is 10.7. The van der Waals surface area contributed by atoms with E-state index in [9.17, 15) is 0 Å². The molecule has 1 rings (SSSR count). The molecule has 0 spiro atoms. The predicted molar refractivity (Wildman–Crippen MR) is 85.5 cm³/mol. The molecular weight excluding hydrogens is 232 g/mol. The summed E-state index contributed by atoms with van der Waals surface area (Å²) < 4.78 is 0. The fourth-order valence-corrected chi connectivity index (χ4v) is 3.21. The van der Waals surface area contributed by atoms with E-state index in [-0.39, 0.29) is 0 Å². The van der Waals surface area contributed by atoms with E-state index < -0.39 is 0 Å². The van der Waals surface area contributed by atoms with Gasteiger partial charge in [0.15, 0.2) is 0 Å². The average Bonchev–Trinajstić information content (AvgIpc) is 2.72. The summed E-state index contributed by atoms with van der Waals surface area (Å²) in [6.45, 7) is 4.79. The Labute approximate surface area is 121 Å². The first-order chi connectivity index (χ1) is 9.25. The largest absolute Gasteiger partial charge is 0.290 e. The van der Waals surface area contributed by atoms with Gasteiger partial charge in [-0.2, -0.15) is 0 Å². The van der Waals surface area contributed by atoms with Crippen molar-refractivity contribution in [1.29, 1.82) is 0 Å². The van der Waals surface area contributed by atoms with Crippen molar-refractivity contribution in [2.45, 2.75) is 83.7 Å².